The quantitative estimate of drug-likeness (QED) is 0.195. The molecule has 0 atom stereocenters. The Labute approximate surface area is 285 Å². The van der Waals surface area contributed by atoms with E-state index in [4.69, 9.17) is 9.97 Å². The molecule has 0 saturated heterocycles. The van der Waals surface area contributed by atoms with E-state index in [1.54, 1.807) is 0 Å². The lowest BCUT2D eigenvalue weighted by Gasteiger charge is -2.45. The monoisotopic (exact) mass is 628 g/mol. The molecule has 0 aliphatic carbocycles. The molecule has 0 N–H and O–H groups in total. The lowest BCUT2D eigenvalue weighted by Crippen LogP contribution is -2.32. The maximum atomic E-state index is 5.41. The van der Waals surface area contributed by atoms with E-state index in [1.165, 1.54) is 44.4 Å². The molecule has 0 bridgehead atoms. The van der Waals surface area contributed by atoms with Gasteiger partial charge in [-0.3, -0.25) is 4.90 Å². The van der Waals surface area contributed by atoms with Crippen molar-refractivity contribution in [1.29, 1.82) is 0 Å². The second-order valence-corrected chi connectivity index (χ2v) is 13.4. The van der Waals surface area contributed by atoms with Crippen molar-refractivity contribution >= 4 is 56.1 Å². The number of benzene rings is 7. The Balaban J connectivity index is 1.34. The highest BCUT2D eigenvalue weighted by molar-refractivity contribution is 6.17. The summed E-state index contributed by atoms with van der Waals surface area (Å²) in [7, 11) is 0. The summed E-state index contributed by atoms with van der Waals surface area (Å²) in [6.07, 6.45) is 0. The molecular formula is C45H32N4. The first-order valence-corrected chi connectivity index (χ1v) is 16.9. The molecule has 8 aromatic rings. The first-order chi connectivity index (χ1) is 24.1. The number of aromatic nitrogens is 2. The molecule has 2 aliphatic rings. The number of anilines is 6. The first kappa shape index (κ1) is 27.8. The molecule has 4 nitrogen and oxygen atoms in total. The van der Waals surface area contributed by atoms with Crippen molar-refractivity contribution in [1.82, 2.24) is 9.97 Å². The maximum Gasteiger partial charge on any atom is 0.235 e. The van der Waals surface area contributed by atoms with Crippen LogP contribution in [-0.4, -0.2) is 9.97 Å². The standard InChI is InChI=1S/C45H32N4/c1-45(2)34-23-10-12-25-37(34)48(31-19-7-4-8-20-31)43-35(45)27-28-39-41(43)33-22-13-17-29-18-14-26-38(40(29)33)49(39)44-46-36-24-11-9-21-32(36)42(47-44)30-15-5-3-6-16-30/h3-28H,1-2H3. The van der Waals surface area contributed by atoms with Gasteiger partial charge in [-0.1, -0.05) is 135 Å². The molecule has 0 saturated carbocycles. The molecule has 7 aromatic carbocycles. The summed E-state index contributed by atoms with van der Waals surface area (Å²) < 4.78 is 0. The summed E-state index contributed by atoms with van der Waals surface area (Å²) in [6, 6.07) is 56.3. The van der Waals surface area contributed by atoms with Crippen LogP contribution >= 0.6 is 0 Å². The minimum Gasteiger partial charge on any atom is -0.309 e. The van der Waals surface area contributed by atoms with Crippen LogP contribution in [0, 0.1) is 0 Å². The number of hydrogen-bond donors (Lipinski definition) is 0. The highest BCUT2D eigenvalue weighted by Crippen LogP contribution is 2.61. The molecule has 10 rings (SSSR count). The van der Waals surface area contributed by atoms with Crippen LogP contribution in [0.2, 0.25) is 0 Å². The van der Waals surface area contributed by atoms with Gasteiger partial charge >= 0.3 is 0 Å². The largest absolute Gasteiger partial charge is 0.309 e. The zero-order chi connectivity index (χ0) is 32.7. The number of para-hydroxylation sites is 3. The molecule has 0 radical (unpaired) electrons. The Morgan fingerprint density at radius 3 is 2.04 bits per heavy atom. The SMILES string of the molecule is CC1(C)c2ccccc2N(c2ccccc2)c2c1ccc1c2-c2cccc3cccc(c23)N1c1nc(-c2ccccc2)c2ccccc2n1. The molecule has 49 heavy (non-hydrogen) atoms. The molecule has 4 heteroatoms. The topological polar surface area (TPSA) is 32.3 Å². The molecule has 232 valence electrons. The van der Waals surface area contributed by atoms with Crippen molar-refractivity contribution in [3.05, 3.63) is 169 Å². The predicted molar refractivity (Wildman–Crippen MR) is 203 cm³/mol. The molecule has 2 aliphatic heterocycles. The van der Waals surface area contributed by atoms with E-state index in [0.29, 0.717) is 5.95 Å². The van der Waals surface area contributed by atoms with Gasteiger partial charge < -0.3 is 4.90 Å². The Morgan fingerprint density at radius 2 is 1.20 bits per heavy atom. The van der Waals surface area contributed by atoms with E-state index in [1.807, 2.05) is 6.07 Å². The van der Waals surface area contributed by atoms with Crippen molar-refractivity contribution in [2.75, 3.05) is 9.80 Å². The third kappa shape index (κ3) is 3.98. The molecular weight excluding hydrogens is 597 g/mol. The third-order valence-corrected chi connectivity index (χ3v) is 10.4. The summed E-state index contributed by atoms with van der Waals surface area (Å²) in [5.74, 6) is 0.655. The highest BCUT2D eigenvalue weighted by atomic mass is 15.3. The summed E-state index contributed by atoms with van der Waals surface area (Å²) in [5.41, 5.74) is 13.3. The number of nitrogens with zero attached hydrogens (tertiary/aromatic N) is 4. The Hall–Kier alpha value is -6.26. The minimum absolute atomic E-state index is 0.234. The van der Waals surface area contributed by atoms with E-state index in [-0.39, 0.29) is 5.41 Å². The fourth-order valence-electron chi connectivity index (χ4n) is 8.12. The zero-order valence-corrected chi connectivity index (χ0v) is 27.3. The van der Waals surface area contributed by atoms with Gasteiger partial charge in [0.25, 0.3) is 0 Å². The number of hydrogen-bond acceptors (Lipinski definition) is 4. The van der Waals surface area contributed by atoms with E-state index in [9.17, 15) is 0 Å². The van der Waals surface area contributed by atoms with E-state index < -0.39 is 0 Å². The van der Waals surface area contributed by atoms with Gasteiger partial charge in [0.1, 0.15) is 0 Å². The van der Waals surface area contributed by atoms with Crippen LogP contribution in [0.25, 0.3) is 44.1 Å². The summed E-state index contributed by atoms with van der Waals surface area (Å²) in [4.78, 5) is 15.5. The van der Waals surface area contributed by atoms with Crippen LogP contribution in [0.4, 0.5) is 34.4 Å². The Morgan fingerprint density at radius 1 is 0.510 bits per heavy atom. The van der Waals surface area contributed by atoms with E-state index in [0.717, 1.165) is 39.2 Å². The third-order valence-electron chi connectivity index (χ3n) is 10.4. The van der Waals surface area contributed by atoms with Gasteiger partial charge in [-0.2, -0.15) is 0 Å². The minimum atomic E-state index is -0.234. The highest BCUT2D eigenvalue weighted by Gasteiger charge is 2.41. The van der Waals surface area contributed by atoms with Crippen molar-refractivity contribution < 1.29 is 0 Å². The van der Waals surface area contributed by atoms with Gasteiger partial charge in [0.05, 0.1) is 34.0 Å². The molecule has 0 spiro atoms. The van der Waals surface area contributed by atoms with Gasteiger partial charge in [-0.15, -0.1) is 0 Å². The van der Waals surface area contributed by atoms with E-state index >= 15 is 0 Å². The lowest BCUT2D eigenvalue weighted by atomic mass is 9.71. The average molecular weight is 629 g/mol. The summed E-state index contributed by atoms with van der Waals surface area (Å²) >= 11 is 0. The second-order valence-electron chi connectivity index (χ2n) is 13.4. The molecule has 0 amide bonds. The van der Waals surface area contributed by atoms with Gasteiger partial charge in [0, 0.05) is 33.0 Å². The molecule has 0 fully saturated rings. The van der Waals surface area contributed by atoms with Crippen LogP contribution in [-0.2, 0) is 5.41 Å². The first-order valence-electron chi connectivity index (χ1n) is 16.9. The zero-order valence-electron chi connectivity index (χ0n) is 27.3. The summed E-state index contributed by atoms with van der Waals surface area (Å²) in [6.45, 7) is 4.71. The van der Waals surface area contributed by atoms with Gasteiger partial charge in [0.2, 0.25) is 5.95 Å². The smallest absolute Gasteiger partial charge is 0.235 e. The van der Waals surface area contributed by atoms with Gasteiger partial charge in [-0.25, -0.2) is 9.97 Å². The van der Waals surface area contributed by atoms with Crippen LogP contribution in [0.5, 0.6) is 0 Å². The lowest BCUT2D eigenvalue weighted by molar-refractivity contribution is 0.632. The number of rotatable bonds is 3. The molecule has 0 unspecified atom stereocenters. The van der Waals surface area contributed by atoms with Crippen molar-refractivity contribution in [2.24, 2.45) is 0 Å². The molecule has 1 aromatic heterocycles. The van der Waals surface area contributed by atoms with Crippen LogP contribution < -0.4 is 9.80 Å². The average Bonchev–Trinajstić information content (AvgIpc) is 3.15. The Bertz CT molecular complexity index is 2590. The van der Waals surface area contributed by atoms with Crippen LogP contribution in [0.3, 0.4) is 0 Å². The number of fused-ring (bicyclic) bond motifs is 6. The van der Waals surface area contributed by atoms with E-state index in [2.05, 4.69) is 175 Å². The Kier molecular flexibility index (Phi) is 5.89. The maximum absolute atomic E-state index is 5.41. The molecule has 3 heterocycles. The second kappa shape index (κ2) is 10.4. The fraction of sp³-hybridized carbons (Fsp3) is 0.0667. The van der Waals surface area contributed by atoms with Crippen LogP contribution in [0.15, 0.2) is 158 Å². The van der Waals surface area contributed by atoms with Crippen LogP contribution in [0.1, 0.15) is 25.0 Å². The summed E-state index contributed by atoms with van der Waals surface area (Å²) in [5, 5.41) is 3.43. The normalized spacial score (nSPS) is 14.0. The van der Waals surface area contributed by atoms with Crippen molar-refractivity contribution in [3.63, 3.8) is 0 Å². The predicted octanol–water partition coefficient (Wildman–Crippen LogP) is 12.0. The fourth-order valence-corrected chi connectivity index (χ4v) is 8.12. The van der Waals surface area contributed by atoms with Gasteiger partial charge in [-0.05, 0) is 58.5 Å². The van der Waals surface area contributed by atoms with Gasteiger partial charge in [0.15, 0.2) is 0 Å². The van der Waals surface area contributed by atoms with Crippen molar-refractivity contribution in [2.45, 2.75) is 19.3 Å². The van der Waals surface area contributed by atoms with Crippen molar-refractivity contribution in [3.8, 4) is 22.4 Å².